The van der Waals surface area contributed by atoms with Gasteiger partial charge in [0.15, 0.2) is 6.29 Å². The number of rotatable bonds is 5. The third kappa shape index (κ3) is 4.71. The largest absolute Gasteiger partial charge is 0.444 e. The zero-order chi connectivity index (χ0) is 16.9. The molecule has 1 amide bonds. The number of hydrogen-bond acceptors (Lipinski definition) is 3. The number of aldehydes is 1. The molecule has 0 saturated heterocycles. The fourth-order valence-electron chi connectivity index (χ4n) is 2.25. The number of benzene rings is 1. The molecule has 2 aromatic rings. The zero-order valence-electron chi connectivity index (χ0n) is 13.7. The van der Waals surface area contributed by atoms with Gasteiger partial charge in [0.2, 0.25) is 0 Å². The van der Waals surface area contributed by atoms with E-state index in [4.69, 9.17) is 4.74 Å². The maximum Gasteiger partial charge on any atom is 0.407 e. The molecule has 1 aromatic carbocycles. The summed E-state index contributed by atoms with van der Waals surface area (Å²) in [7, 11) is 0. The first kappa shape index (κ1) is 16.8. The lowest BCUT2D eigenvalue weighted by molar-refractivity contribution is 0.0528. The first-order chi connectivity index (χ1) is 10.9. The summed E-state index contributed by atoms with van der Waals surface area (Å²) in [5.41, 5.74) is 2.06. The van der Waals surface area contributed by atoms with Gasteiger partial charge in [-0.2, -0.15) is 0 Å². The zero-order valence-corrected chi connectivity index (χ0v) is 13.7. The molecule has 0 fully saturated rings. The predicted octanol–water partition coefficient (Wildman–Crippen LogP) is 3.91. The number of nitrogens with one attached hydrogen (secondary N) is 2. The normalized spacial score (nSPS) is 11.8. The molecule has 0 aliphatic carbocycles. The molecule has 2 rings (SSSR count). The summed E-state index contributed by atoms with van der Waals surface area (Å²) in [6, 6.07) is 5.83. The summed E-state index contributed by atoms with van der Waals surface area (Å²) in [5.74, 6) is 0. The number of aromatic amines is 1. The van der Waals surface area contributed by atoms with E-state index in [9.17, 15) is 9.59 Å². The summed E-state index contributed by atoms with van der Waals surface area (Å²) >= 11 is 0. The van der Waals surface area contributed by atoms with E-state index < -0.39 is 11.7 Å². The maximum atomic E-state index is 11.5. The monoisotopic (exact) mass is 314 g/mol. The number of amides is 1. The predicted molar refractivity (Wildman–Crippen MR) is 91.6 cm³/mol. The first-order valence-electron chi connectivity index (χ1n) is 7.59. The van der Waals surface area contributed by atoms with Crippen molar-refractivity contribution >= 4 is 29.4 Å². The number of hydrogen-bond donors (Lipinski definition) is 2. The second-order valence-electron chi connectivity index (χ2n) is 6.25. The lowest BCUT2D eigenvalue weighted by atomic mass is 10.1. The van der Waals surface area contributed by atoms with Crippen LogP contribution in [0.2, 0.25) is 0 Å². The van der Waals surface area contributed by atoms with Gasteiger partial charge in [-0.05, 0) is 38.8 Å². The lowest BCUT2D eigenvalue weighted by Crippen LogP contribution is -2.32. The molecule has 0 unspecified atom stereocenters. The molecule has 0 saturated carbocycles. The van der Waals surface area contributed by atoms with Crippen LogP contribution in [0.25, 0.3) is 17.0 Å². The summed E-state index contributed by atoms with van der Waals surface area (Å²) in [4.78, 5) is 25.7. The molecule has 0 bridgehead atoms. The molecule has 1 heterocycles. The van der Waals surface area contributed by atoms with Crippen LogP contribution in [0.1, 0.15) is 43.1 Å². The molecule has 5 heteroatoms. The minimum atomic E-state index is -0.491. The van der Waals surface area contributed by atoms with Crippen LogP contribution in [0, 0.1) is 0 Å². The Labute approximate surface area is 135 Å². The summed E-state index contributed by atoms with van der Waals surface area (Å²) in [5, 5.41) is 3.62. The molecule has 1 aromatic heterocycles. The van der Waals surface area contributed by atoms with Crippen LogP contribution in [0.5, 0.6) is 0 Å². The van der Waals surface area contributed by atoms with Crippen molar-refractivity contribution in [2.24, 2.45) is 0 Å². The van der Waals surface area contributed by atoms with Crippen molar-refractivity contribution in [3.8, 4) is 0 Å². The Morgan fingerprint density at radius 2 is 2.09 bits per heavy atom. The molecular formula is C18H22N2O3. The summed E-state index contributed by atoms with van der Waals surface area (Å²) in [6.45, 7) is 5.98. The SMILES string of the molecule is CC(C)(C)OC(=O)NCCC=Cc1cccc2[nH]cc(C=O)c12. The Bertz CT molecular complexity index is 723. The third-order valence-corrected chi connectivity index (χ3v) is 3.17. The number of carbonyl (C=O) groups excluding carboxylic acids is 2. The van der Waals surface area contributed by atoms with Gasteiger partial charge < -0.3 is 15.0 Å². The van der Waals surface area contributed by atoms with E-state index in [1.54, 1.807) is 6.20 Å². The quantitative estimate of drug-likeness (QED) is 0.649. The Hall–Kier alpha value is -2.56. The number of alkyl carbamates (subject to hydrolysis) is 1. The molecule has 5 nitrogen and oxygen atoms in total. The van der Waals surface area contributed by atoms with E-state index in [0.717, 1.165) is 22.8 Å². The van der Waals surface area contributed by atoms with Crippen LogP contribution in [0.4, 0.5) is 4.79 Å². The van der Waals surface area contributed by atoms with Gasteiger partial charge in [0.25, 0.3) is 0 Å². The smallest absolute Gasteiger partial charge is 0.407 e. The van der Waals surface area contributed by atoms with Crippen molar-refractivity contribution in [3.63, 3.8) is 0 Å². The average Bonchev–Trinajstić information content (AvgIpc) is 2.89. The van der Waals surface area contributed by atoms with Crippen molar-refractivity contribution in [1.29, 1.82) is 0 Å². The number of aromatic nitrogens is 1. The minimum Gasteiger partial charge on any atom is -0.444 e. The molecule has 0 aliphatic heterocycles. The number of carbonyl (C=O) groups is 2. The Morgan fingerprint density at radius 1 is 1.30 bits per heavy atom. The van der Waals surface area contributed by atoms with E-state index in [1.165, 1.54) is 0 Å². The molecule has 0 atom stereocenters. The minimum absolute atomic E-state index is 0.415. The molecular weight excluding hydrogens is 292 g/mol. The highest BCUT2D eigenvalue weighted by Crippen LogP contribution is 2.22. The van der Waals surface area contributed by atoms with Crippen LogP contribution >= 0.6 is 0 Å². The second-order valence-corrected chi connectivity index (χ2v) is 6.25. The van der Waals surface area contributed by atoms with Gasteiger partial charge in [-0.15, -0.1) is 0 Å². The number of ether oxygens (including phenoxy) is 1. The van der Waals surface area contributed by atoms with Crippen LogP contribution in [-0.4, -0.2) is 29.5 Å². The molecule has 122 valence electrons. The van der Waals surface area contributed by atoms with Crippen LogP contribution < -0.4 is 5.32 Å². The third-order valence-electron chi connectivity index (χ3n) is 3.17. The lowest BCUT2D eigenvalue weighted by Gasteiger charge is -2.19. The first-order valence-corrected chi connectivity index (χ1v) is 7.59. The van der Waals surface area contributed by atoms with Gasteiger partial charge in [0.05, 0.1) is 0 Å². The topological polar surface area (TPSA) is 71.2 Å². The Kier molecular flexibility index (Phi) is 5.21. The van der Waals surface area contributed by atoms with Gasteiger partial charge in [-0.1, -0.05) is 24.3 Å². The molecule has 2 N–H and O–H groups in total. The number of H-pyrrole nitrogens is 1. The van der Waals surface area contributed by atoms with Crippen molar-refractivity contribution in [2.75, 3.05) is 6.54 Å². The van der Waals surface area contributed by atoms with Crippen molar-refractivity contribution in [3.05, 3.63) is 41.6 Å². The molecule has 0 aliphatic rings. The summed E-state index contributed by atoms with van der Waals surface area (Å²) in [6.07, 6.45) is 6.74. The van der Waals surface area contributed by atoms with Gasteiger partial charge in [-0.25, -0.2) is 4.79 Å². The fraction of sp³-hybridized carbons (Fsp3) is 0.333. The average molecular weight is 314 g/mol. The van der Waals surface area contributed by atoms with Crippen LogP contribution in [0.15, 0.2) is 30.5 Å². The van der Waals surface area contributed by atoms with E-state index in [0.29, 0.717) is 18.5 Å². The van der Waals surface area contributed by atoms with Gasteiger partial charge in [0, 0.05) is 29.2 Å². The highest BCUT2D eigenvalue weighted by Gasteiger charge is 2.15. The second kappa shape index (κ2) is 7.13. The fourth-order valence-corrected chi connectivity index (χ4v) is 2.25. The van der Waals surface area contributed by atoms with E-state index in [1.807, 2.05) is 51.1 Å². The van der Waals surface area contributed by atoms with Crippen molar-refractivity contribution in [1.82, 2.24) is 10.3 Å². The highest BCUT2D eigenvalue weighted by molar-refractivity contribution is 6.01. The van der Waals surface area contributed by atoms with E-state index in [2.05, 4.69) is 10.3 Å². The molecule has 0 radical (unpaired) electrons. The molecule has 0 spiro atoms. The Balaban J connectivity index is 1.93. The van der Waals surface area contributed by atoms with Gasteiger partial charge in [0.1, 0.15) is 5.60 Å². The maximum absolute atomic E-state index is 11.5. The van der Waals surface area contributed by atoms with E-state index in [-0.39, 0.29) is 0 Å². The summed E-state index contributed by atoms with van der Waals surface area (Å²) < 4.78 is 5.16. The van der Waals surface area contributed by atoms with Crippen LogP contribution in [-0.2, 0) is 4.74 Å². The van der Waals surface area contributed by atoms with Gasteiger partial charge >= 0.3 is 6.09 Å². The van der Waals surface area contributed by atoms with E-state index >= 15 is 0 Å². The Morgan fingerprint density at radius 3 is 2.78 bits per heavy atom. The number of fused-ring (bicyclic) bond motifs is 1. The van der Waals surface area contributed by atoms with Crippen molar-refractivity contribution < 1.29 is 14.3 Å². The molecule has 23 heavy (non-hydrogen) atoms. The van der Waals surface area contributed by atoms with Crippen molar-refractivity contribution in [2.45, 2.75) is 32.8 Å². The van der Waals surface area contributed by atoms with Crippen LogP contribution in [0.3, 0.4) is 0 Å². The highest BCUT2D eigenvalue weighted by atomic mass is 16.6. The standard InChI is InChI=1S/C18H22N2O3/c1-18(2,3)23-17(22)19-10-5-4-7-13-8-6-9-15-16(13)14(12-21)11-20-15/h4,6-9,11-12,20H,5,10H2,1-3H3,(H,19,22). The van der Waals surface area contributed by atoms with Gasteiger partial charge in [-0.3, -0.25) is 4.79 Å².